The van der Waals surface area contributed by atoms with Crippen molar-refractivity contribution in [2.24, 2.45) is 0 Å². The zero-order chi connectivity index (χ0) is 15.2. The number of halogens is 1. The van der Waals surface area contributed by atoms with Gasteiger partial charge in [-0.1, -0.05) is 5.92 Å². The smallest absolute Gasteiger partial charge is 0.226 e. The maximum absolute atomic E-state index is 11.3. The van der Waals surface area contributed by atoms with Gasteiger partial charge in [0.1, 0.15) is 24.5 Å². The molecular weight excluding hydrogens is 298 g/mol. The molecule has 1 radical (unpaired) electrons. The van der Waals surface area contributed by atoms with Gasteiger partial charge < -0.3 is 15.6 Å². The van der Waals surface area contributed by atoms with Gasteiger partial charge in [0.05, 0.1) is 6.33 Å². The van der Waals surface area contributed by atoms with E-state index in [0.717, 1.165) is 0 Å². The van der Waals surface area contributed by atoms with E-state index in [0.29, 0.717) is 11.2 Å². The molecule has 3 atom stereocenters. The van der Waals surface area contributed by atoms with Crippen molar-refractivity contribution in [3.63, 3.8) is 0 Å². The van der Waals surface area contributed by atoms with Crippen LogP contribution in [-0.4, -0.2) is 42.9 Å². The molecule has 109 valence electrons. The first-order valence-electron chi connectivity index (χ1n) is 6.08. The van der Waals surface area contributed by atoms with Crippen molar-refractivity contribution in [3.8, 4) is 12.3 Å². The summed E-state index contributed by atoms with van der Waals surface area (Å²) >= 11 is 5.78. The third kappa shape index (κ3) is 2.02. The number of aliphatic hydroxyl groups excluding tert-OH is 1. The Balaban J connectivity index is 2.05. The molecule has 0 spiro atoms. The summed E-state index contributed by atoms with van der Waals surface area (Å²) in [5.41, 5.74) is 4.88. The molecule has 0 aliphatic carbocycles. The molecule has 3 N–H and O–H groups in total. The number of hydrogen-bond acceptors (Lipinski definition) is 6. The van der Waals surface area contributed by atoms with E-state index in [1.54, 1.807) is 0 Å². The molecule has 1 fully saturated rings. The van der Waals surface area contributed by atoms with Crippen molar-refractivity contribution in [3.05, 3.63) is 11.6 Å². The minimum Gasteiger partial charge on any atom is -0.389 e. The van der Waals surface area contributed by atoms with Crippen molar-refractivity contribution in [1.82, 2.24) is 19.5 Å². The summed E-state index contributed by atoms with van der Waals surface area (Å²) in [6, 6.07) is 0. The average Bonchev–Trinajstić information content (AvgIpc) is 3.00. The van der Waals surface area contributed by atoms with Crippen LogP contribution in [0.5, 0.6) is 0 Å². The molecule has 2 aromatic heterocycles. The molecule has 0 aromatic carbocycles. The molecule has 1 aliphatic rings. The van der Waals surface area contributed by atoms with Crippen LogP contribution in [0.2, 0.25) is 5.28 Å². The molecule has 0 amide bonds. The highest BCUT2D eigenvalue weighted by molar-refractivity contribution is 6.28. The first-order chi connectivity index (χ1) is 10.0. The van der Waals surface area contributed by atoms with Gasteiger partial charge in [0.15, 0.2) is 17.1 Å². The van der Waals surface area contributed by atoms with Gasteiger partial charge >= 0.3 is 0 Å². The van der Waals surface area contributed by atoms with Crippen LogP contribution >= 0.6 is 11.6 Å². The quantitative estimate of drug-likeness (QED) is 0.602. The molecule has 8 nitrogen and oxygen atoms in total. The highest BCUT2D eigenvalue weighted by Crippen LogP contribution is 2.37. The monoisotopic (exact) mass is 308 g/mol. The topological polar surface area (TPSA) is 119 Å². The standard InChI is InChI=1S/C12H11ClN5O3/c1-2-12(4-19)6(20)3-7(21-12)18-5-15-8-9(14)16-11(13)17-10(8)18/h1,5-7,20H,3-4H2,(H2,14,16,17)/t6-,7+,12+/m0/s1. The summed E-state index contributed by atoms with van der Waals surface area (Å²) in [6.45, 7) is -0.744. The van der Waals surface area contributed by atoms with Gasteiger partial charge in [-0.05, 0) is 11.6 Å². The van der Waals surface area contributed by atoms with Crippen LogP contribution in [0.4, 0.5) is 5.82 Å². The largest absolute Gasteiger partial charge is 0.389 e. The normalized spacial score (nSPS) is 28.9. The molecule has 0 saturated carbocycles. The summed E-state index contributed by atoms with van der Waals surface area (Å²) < 4.78 is 7.10. The summed E-state index contributed by atoms with van der Waals surface area (Å²) in [5, 5.41) is 21.2. The van der Waals surface area contributed by atoms with Crippen LogP contribution in [0.25, 0.3) is 11.2 Å². The summed E-state index contributed by atoms with van der Waals surface area (Å²) in [7, 11) is 0. The zero-order valence-corrected chi connectivity index (χ0v) is 11.5. The summed E-state index contributed by atoms with van der Waals surface area (Å²) in [4.78, 5) is 11.9. The van der Waals surface area contributed by atoms with Crippen LogP contribution in [0.15, 0.2) is 6.33 Å². The van der Waals surface area contributed by atoms with Crippen molar-refractivity contribution in [1.29, 1.82) is 0 Å². The minimum absolute atomic E-state index is 0.0349. The Morgan fingerprint density at radius 3 is 3.05 bits per heavy atom. The predicted molar refractivity (Wildman–Crippen MR) is 72.6 cm³/mol. The summed E-state index contributed by atoms with van der Waals surface area (Å²) in [5.74, 6) is 2.37. The van der Waals surface area contributed by atoms with Gasteiger partial charge in [-0.25, -0.2) is 10.1 Å². The lowest BCUT2D eigenvalue weighted by Crippen LogP contribution is -2.41. The van der Waals surface area contributed by atoms with E-state index in [1.165, 1.54) is 10.9 Å². The van der Waals surface area contributed by atoms with Gasteiger partial charge in [-0.3, -0.25) is 4.57 Å². The average molecular weight is 309 g/mol. The van der Waals surface area contributed by atoms with E-state index >= 15 is 0 Å². The number of ether oxygens (including phenoxy) is 1. The van der Waals surface area contributed by atoms with Gasteiger partial charge in [-0.15, -0.1) is 6.42 Å². The Morgan fingerprint density at radius 1 is 1.67 bits per heavy atom. The van der Waals surface area contributed by atoms with Crippen LogP contribution in [-0.2, 0) is 9.84 Å². The molecule has 0 unspecified atom stereocenters. The lowest BCUT2D eigenvalue weighted by atomic mass is 9.99. The van der Waals surface area contributed by atoms with Crippen LogP contribution in [0, 0.1) is 12.3 Å². The number of aromatic nitrogens is 4. The maximum atomic E-state index is 11.3. The fraction of sp³-hybridized carbons (Fsp3) is 0.417. The third-order valence-electron chi connectivity index (χ3n) is 3.50. The van der Waals surface area contributed by atoms with Crippen LogP contribution in [0.1, 0.15) is 12.6 Å². The van der Waals surface area contributed by atoms with E-state index in [2.05, 4.69) is 20.9 Å². The lowest BCUT2D eigenvalue weighted by molar-refractivity contribution is -0.102. The number of nitrogen functional groups attached to an aromatic ring is 1. The van der Waals surface area contributed by atoms with E-state index in [4.69, 9.17) is 28.5 Å². The first-order valence-corrected chi connectivity index (χ1v) is 6.46. The predicted octanol–water partition coefficient (Wildman–Crippen LogP) is 0.144. The van der Waals surface area contributed by atoms with Crippen molar-refractivity contribution >= 4 is 28.6 Å². The molecule has 9 heteroatoms. The number of imidazole rings is 1. The van der Waals surface area contributed by atoms with Crippen LogP contribution in [0.3, 0.4) is 0 Å². The first kappa shape index (κ1) is 14.0. The van der Waals surface area contributed by atoms with Gasteiger partial charge in [0.25, 0.3) is 0 Å². The molecule has 3 heterocycles. The molecule has 0 bridgehead atoms. The number of anilines is 1. The third-order valence-corrected chi connectivity index (χ3v) is 3.67. The second kappa shape index (κ2) is 4.82. The second-order valence-corrected chi connectivity index (χ2v) is 5.04. The van der Waals surface area contributed by atoms with Crippen molar-refractivity contribution in [2.75, 3.05) is 12.3 Å². The second-order valence-electron chi connectivity index (χ2n) is 4.70. The number of terminal acetylenes is 1. The molecule has 1 saturated heterocycles. The Labute approximate surface area is 124 Å². The number of rotatable bonds is 2. The number of nitrogens with zero attached hydrogens (tertiary/aromatic N) is 4. The molecule has 2 aromatic rings. The molecular formula is C12H11ClN5O3. The van der Waals surface area contributed by atoms with E-state index in [-0.39, 0.29) is 17.5 Å². The highest BCUT2D eigenvalue weighted by Gasteiger charge is 2.48. The van der Waals surface area contributed by atoms with Crippen molar-refractivity contribution in [2.45, 2.75) is 24.4 Å². The van der Waals surface area contributed by atoms with Crippen LogP contribution < -0.4 is 5.73 Å². The Morgan fingerprint density at radius 2 is 2.43 bits per heavy atom. The number of aliphatic hydroxyl groups is 1. The number of hydrogen-bond donors (Lipinski definition) is 2. The van der Waals surface area contributed by atoms with Crippen molar-refractivity contribution < 1.29 is 14.9 Å². The van der Waals surface area contributed by atoms with Gasteiger partial charge in [0.2, 0.25) is 5.28 Å². The van der Waals surface area contributed by atoms with E-state index < -0.39 is 24.5 Å². The summed E-state index contributed by atoms with van der Waals surface area (Å²) in [6.07, 6.45) is 5.14. The Bertz CT molecular complexity index is 742. The lowest BCUT2D eigenvalue weighted by Gasteiger charge is -2.22. The highest BCUT2D eigenvalue weighted by atomic mass is 35.5. The van der Waals surface area contributed by atoms with Gasteiger partial charge in [-0.2, -0.15) is 9.97 Å². The zero-order valence-electron chi connectivity index (χ0n) is 10.7. The maximum Gasteiger partial charge on any atom is 0.226 e. The Hall–Kier alpha value is -1.92. The molecule has 3 rings (SSSR count). The fourth-order valence-electron chi connectivity index (χ4n) is 2.34. The van der Waals surface area contributed by atoms with E-state index in [1.807, 2.05) is 0 Å². The fourth-order valence-corrected chi connectivity index (χ4v) is 2.52. The number of fused-ring (bicyclic) bond motifs is 1. The van der Waals surface area contributed by atoms with E-state index in [9.17, 15) is 10.2 Å². The molecule has 1 aliphatic heterocycles. The Kier molecular flexibility index (Phi) is 3.22. The SMILES string of the molecule is C#C[C@]1(C[O])O[C@@H](n2cnc3c(N)nc(Cl)nc32)C[C@@H]1O. The van der Waals surface area contributed by atoms with Gasteiger partial charge in [0, 0.05) is 6.42 Å². The minimum atomic E-state index is -1.55. The number of nitrogens with two attached hydrogens (primary N) is 1. The molecule has 21 heavy (non-hydrogen) atoms.